The number of fused-ring (bicyclic) bond motifs is 4. The normalized spacial score (nSPS) is 11.3. The number of nitrogens with zero attached hydrogens (tertiary/aromatic N) is 4. The molecule has 0 fully saturated rings. The summed E-state index contributed by atoms with van der Waals surface area (Å²) in [7, 11) is 0. The van der Waals surface area contributed by atoms with Crippen LogP contribution in [0.2, 0.25) is 0 Å². The van der Waals surface area contributed by atoms with Crippen LogP contribution in [-0.4, -0.2) is 24.0 Å². The van der Waals surface area contributed by atoms with Gasteiger partial charge in [0.05, 0.1) is 16.7 Å². The Kier molecular flexibility index (Phi) is 8.96. The first-order valence-electron chi connectivity index (χ1n) is 18.5. The molecule has 6 aromatic carbocycles. The second kappa shape index (κ2) is 14.3. The zero-order valence-electron chi connectivity index (χ0n) is 30.7. The molecule has 0 spiro atoms. The largest absolute Gasteiger partial charge is 0.507 e. The van der Waals surface area contributed by atoms with E-state index in [-0.39, 0.29) is 26.8 Å². The Balaban J connectivity index is 0.00000410. The van der Waals surface area contributed by atoms with Crippen molar-refractivity contribution in [3.63, 3.8) is 0 Å². The zero-order valence-corrected chi connectivity index (χ0v) is 33.0. The van der Waals surface area contributed by atoms with Gasteiger partial charge in [0.15, 0.2) is 0 Å². The number of pyridine rings is 2. The van der Waals surface area contributed by atoms with E-state index in [9.17, 15) is 5.11 Å². The van der Waals surface area contributed by atoms with E-state index in [1.807, 2.05) is 36.4 Å². The molecule has 0 radical (unpaired) electrons. The number of para-hydroxylation sites is 3. The SMILES string of the molecule is Cc1cccc(C)c1-c1cc(-c2[c-]c(-c3nc4ccccn4c3-c3ccc4c5ccccc5n(-c5ccccc5)c4c3)ccc2)nc(-c2ccccc2O)c1.[Pt]. The predicted molar refractivity (Wildman–Crippen MR) is 224 cm³/mol. The molecule has 0 amide bonds. The first-order chi connectivity index (χ1) is 27.0. The second-order valence-electron chi connectivity index (χ2n) is 14.0. The third-order valence-electron chi connectivity index (χ3n) is 10.6. The molecule has 0 saturated carbocycles. The van der Waals surface area contributed by atoms with E-state index >= 15 is 0 Å². The van der Waals surface area contributed by atoms with Crippen molar-refractivity contribution < 1.29 is 26.2 Å². The van der Waals surface area contributed by atoms with E-state index in [2.05, 4.69) is 156 Å². The Morgan fingerprint density at radius 1 is 0.554 bits per heavy atom. The van der Waals surface area contributed by atoms with Crippen LogP contribution in [0.15, 0.2) is 170 Å². The number of phenols is 1. The maximum absolute atomic E-state index is 10.9. The van der Waals surface area contributed by atoms with Gasteiger partial charge in [-0.05, 0) is 96.3 Å². The third kappa shape index (κ3) is 5.92. The summed E-state index contributed by atoms with van der Waals surface area (Å²) >= 11 is 0. The van der Waals surface area contributed by atoms with E-state index in [4.69, 9.17) is 9.97 Å². The average molecular weight is 903 g/mol. The molecule has 0 bridgehead atoms. The molecule has 10 aromatic rings. The van der Waals surface area contributed by atoms with Crippen LogP contribution in [0.3, 0.4) is 0 Å². The molecule has 6 heteroatoms. The fourth-order valence-corrected chi connectivity index (χ4v) is 8.10. The van der Waals surface area contributed by atoms with Crippen LogP contribution in [-0.2, 0) is 21.1 Å². The van der Waals surface area contributed by atoms with Crippen molar-refractivity contribution in [2.45, 2.75) is 13.8 Å². The fourth-order valence-electron chi connectivity index (χ4n) is 8.10. The zero-order chi connectivity index (χ0) is 37.0. The molecule has 56 heavy (non-hydrogen) atoms. The number of imidazole rings is 1. The van der Waals surface area contributed by atoms with Crippen LogP contribution in [0.1, 0.15) is 11.1 Å². The molecule has 0 unspecified atom stereocenters. The fraction of sp³-hybridized carbons (Fsp3) is 0.0400. The Labute approximate surface area is 339 Å². The van der Waals surface area contributed by atoms with Crippen molar-refractivity contribution in [3.8, 4) is 67.6 Å². The van der Waals surface area contributed by atoms with Crippen molar-refractivity contribution in [2.24, 2.45) is 0 Å². The van der Waals surface area contributed by atoms with Crippen molar-refractivity contribution >= 4 is 27.5 Å². The van der Waals surface area contributed by atoms with Crippen LogP contribution in [0.25, 0.3) is 89.3 Å². The monoisotopic (exact) mass is 902 g/mol. The number of aryl methyl sites for hydroxylation is 2. The van der Waals surface area contributed by atoms with Gasteiger partial charge in [-0.15, -0.1) is 24.3 Å². The van der Waals surface area contributed by atoms with E-state index in [1.165, 1.54) is 27.4 Å². The molecule has 0 aliphatic carbocycles. The minimum atomic E-state index is 0. The van der Waals surface area contributed by atoms with Gasteiger partial charge >= 0.3 is 0 Å². The van der Waals surface area contributed by atoms with Gasteiger partial charge in [-0.1, -0.05) is 102 Å². The van der Waals surface area contributed by atoms with E-state index < -0.39 is 0 Å². The number of hydrogen-bond acceptors (Lipinski definition) is 3. The molecule has 0 aliphatic rings. The molecule has 0 atom stereocenters. The topological polar surface area (TPSA) is 55.4 Å². The first-order valence-corrected chi connectivity index (χ1v) is 18.5. The van der Waals surface area contributed by atoms with Crippen LogP contribution < -0.4 is 0 Å². The van der Waals surface area contributed by atoms with Crippen LogP contribution in [0, 0.1) is 19.9 Å². The number of phenolic OH excluding ortho intramolecular Hbond substituents is 1. The minimum absolute atomic E-state index is 0. The summed E-state index contributed by atoms with van der Waals surface area (Å²) in [6.07, 6.45) is 2.08. The molecule has 4 aromatic heterocycles. The molecule has 4 heterocycles. The van der Waals surface area contributed by atoms with Gasteiger partial charge < -0.3 is 14.1 Å². The molecule has 1 N–H and O–H groups in total. The summed E-state index contributed by atoms with van der Waals surface area (Å²) in [5, 5.41) is 13.3. The molecule has 272 valence electrons. The Bertz CT molecular complexity index is 3070. The van der Waals surface area contributed by atoms with Crippen molar-refractivity contribution in [1.82, 2.24) is 18.9 Å². The van der Waals surface area contributed by atoms with Gasteiger partial charge in [0.25, 0.3) is 0 Å². The summed E-state index contributed by atoms with van der Waals surface area (Å²) in [5.41, 5.74) is 15.5. The number of rotatable bonds is 6. The summed E-state index contributed by atoms with van der Waals surface area (Å²) in [4.78, 5) is 10.4. The van der Waals surface area contributed by atoms with Crippen molar-refractivity contribution in [1.29, 1.82) is 0 Å². The number of aromatic nitrogens is 4. The first kappa shape index (κ1) is 35.2. The molecule has 10 rings (SSSR count). The predicted octanol–water partition coefficient (Wildman–Crippen LogP) is 12.3. The maximum Gasteiger partial charge on any atom is 0.129 e. The Morgan fingerprint density at radius 3 is 2.09 bits per heavy atom. The van der Waals surface area contributed by atoms with Crippen molar-refractivity contribution in [2.75, 3.05) is 0 Å². The van der Waals surface area contributed by atoms with Crippen molar-refractivity contribution in [3.05, 3.63) is 187 Å². The standard InChI is InChI=1S/C50H35N4O.Pt/c1-32-14-12-15-33(2)48(32)37-29-42(51-43(30-37)41-21-7-9-23-46(41)55)34-16-13-17-35(28-34)49-50(53-27-11-10-24-47(53)52-49)36-25-26-40-39-20-6-8-22-44(39)54(45(40)31-36)38-18-4-3-5-19-38;/h3-27,29-31,55H,1-2H3;/q-1;. The summed E-state index contributed by atoms with van der Waals surface area (Å²) in [6, 6.07) is 59.9. The summed E-state index contributed by atoms with van der Waals surface area (Å²) in [5.74, 6) is 0.190. The van der Waals surface area contributed by atoms with E-state index in [1.54, 1.807) is 6.07 Å². The number of hydrogen-bond donors (Lipinski definition) is 1. The Morgan fingerprint density at radius 2 is 1.25 bits per heavy atom. The number of aromatic hydroxyl groups is 1. The third-order valence-corrected chi connectivity index (χ3v) is 10.6. The number of benzene rings is 6. The minimum Gasteiger partial charge on any atom is -0.507 e. The average Bonchev–Trinajstić information content (AvgIpc) is 3.77. The summed E-state index contributed by atoms with van der Waals surface area (Å²) < 4.78 is 4.52. The van der Waals surface area contributed by atoms with Gasteiger partial charge in [-0.25, -0.2) is 0 Å². The molecule has 5 nitrogen and oxygen atoms in total. The van der Waals surface area contributed by atoms with Gasteiger partial charge in [0, 0.05) is 66.4 Å². The van der Waals surface area contributed by atoms with Crippen LogP contribution in [0.4, 0.5) is 0 Å². The molecule has 0 saturated heterocycles. The molecular formula is C50H35N4OPt-. The van der Waals surface area contributed by atoms with Gasteiger partial charge in [-0.2, -0.15) is 0 Å². The van der Waals surface area contributed by atoms with E-state index in [0.717, 1.165) is 61.8 Å². The molecular weight excluding hydrogens is 868 g/mol. The van der Waals surface area contributed by atoms with Crippen LogP contribution >= 0.6 is 0 Å². The molecule has 0 aliphatic heterocycles. The Hall–Kier alpha value is -6.55. The van der Waals surface area contributed by atoms with Crippen LogP contribution in [0.5, 0.6) is 5.75 Å². The smallest absolute Gasteiger partial charge is 0.129 e. The quantitative estimate of drug-likeness (QED) is 0.169. The van der Waals surface area contributed by atoms with Gasteiger partial charge in [-0.3, -0.25) is 9.97 Å². The van der Waals surface area contributed by atoms with E-state index in [0.29, 0.717) is 11.3 Å². The summed E-state index contributed by atoms with van der Waals surface area (Å²) in [6.45, 7) is 4.27. The second-order valence-corrected chi connectivity index (χ2v) is 14.0. The van der Waals surface area contributed by atoms with Gasteiger partial charge in [0.1, 0.15) is 11.4 Å². The van der Waals surface area contributed by atoms with Gasteiger partial charge in [0.2, 0.25) is 0 Å². The maximum atomic E-state index is 10.9.